The summed E-state index contributed by atoms with van der Waals surface area (Å²) in [7, 11) is 0. The van der Waals surface area contributed by atoms with Gasteiger partial charge < -0.3 is 24.1 Å². The van der Waals surface area contributed by atoms with Crippen LogP contribution in [0, 0.1) is 11.7 Å². The Morgan fingerprint density at radius 2 is 1.83 bits per heavy atom. The summed E-state index contributed by atoms with van der Waals surface area (Å²) in [5.41, 5.74) is 1.07. The van der Waals surface area contributed by atoms with Crippen molar-refractivity contribution in [2.45, 2.75) is 43.9 Å². The van der Waals surface area contributed by atoms with E-state index in [9.17, 15) is 14.3 Å². The topological polar surface area (TPSA) is 74.2 Å². The Hall–Kier alpha value is -2.48. The molecule has 160 valence electrons. The van der Waals surface area contributed by atoms with Gasteiger partial charge in [-0.05, 0) is 29.8 Å². The van der Waals surface area contributed by atoms with Gasteiger partial charge in [-0.25, -0.2) is 4.39 Å². The van der Waals surface area contributed by atoms with Crippen molar-refractivity contribution in [3.8, 4) is 5.75 Å². The molecule has 0 spiro atoms. The second kappa shape index (κ2) is 9.55. The van der Waals surface area contributed by atoms with E-state index in [4.69, 9.17) is 18.9 Å². The molecule has 1 saturated heterocycles. The summed E-state index contributed by atoms with van der Waals surface area (Å²) in [5.74, 6) is -0.227. The van der Waals surface area contributed by atoms with Gasteiger partial charge in [0.1, 0.15) is 36.5 Å². The highest BCUT2D eigenvalue weighted by Crippen LogP contribution is 2.40. The first-order valence-electron chi connectivity index (χ1n) is 10.1. The van der Waals surface area contributed by atoms with Crippen LogP contribution in [0.4, 0.5) is 4.39 Å². The summed E-state index contributed by atoms with van der Waals surface area (Å²) in [6.45, 7) is 0.521. The molecule has 1 heterocycles. The van der Waals surface area contributed by atoms with E-state index < -0.39 is 6.10 Å². The minimum atomic E-state index is -0.865. The van der Waals surface area contributed by atoms with Gasteiger partial charge in [-0.15, -0.1) is 0 Å². The lowest BCUT2D eigenvalue weighted by molar-refractivity contribution is -0.172. The zero-order valence-corrected chi connectivity index (χ0v) is 16.5. The average Bonchev–Trinajstić information content (AvgIpc) is 2.96. The van der Waals surface area contributed by atoms with Gasteiger partial charge in [-0.2, -0.15) is 0 Å². The molecule has 2 aliphatic rings. The maximum atomic E-state index is 12.9. The fraction of sp³-hybridized carbons (Fsp3) is 0.435. The van der Waals surface area contributed by atoms with Crippen molar-refractivity contribution < 1.29 is 33.2 Å². The summed E-state index contributed by atoms with van der Waals surface area (Å²) in [4.78, 5) is 11.9. The van der Waals surface area contributed by atoms with E-state index in [0.29, 0.717) is 18.8 Å². The van der Waals surface area contributed by atoms with E-state index in [1.165, 1.54) is 24.3 Å². The quantitative estimate of drug-likeness (QED) is 0.634. The van der Waals surface area contributed by atoms with E-state index in [1.54, 1.807) is 0 Å². The Labute approximate surface area is 174 Å². The van der Waals surface area contributed by atoms with Crippen LogP contribution < -0.4 is 4.74 Å². The molecule has 1 aliphatic carbocycles. The van der Waals surface area contributed by atoms with E-state index in [1.807, 2.05) is 30.3 Å². The monoisotopic (exact) mass is 416 g/mol. The van der Waals surface area contributed by atoms with Gasteiger partial charge in [0, 0.05) is 12.3 Å². The molecule has 0 amide bonds. The van der Waals surface area contributed by atoms with Crippen molar-refractivity contribution in [2.24, 2.45) is 5.92 Å². The first kappa shape index (κ1) is 20.8. The Morgan fingerprint density at radius 1 is 1.07 bits per heavy atom. The minimum Gasteiger partial charge on any atom is -0.491 e. The number of hydrogen-bond acceptors (Lipinski definition) is 6. The first-order valence-corrected chi connectivity index (χ1v) is 10.1. The molecule has 2 aromatic carbocycles. The second-order valence-corrected chi connectivity index (χ2v) is 7.68. The second-order valence-electron chi connectivity index (χ2n) is 7.68. The van der Waals surface area contributed by atoms with Crippen LogP contribution in [0.1, 0.15) is 18.4 Å². The molecule has 1 saturated carbocycles. The van der Waals surface area contributed by atoms with E-state index in [-0.39, 0.29) is 55.7 Å². The van der Waals surface area contributed by atoms with Crippen LogP contribution in [0.15, 0.2) is 54.6 Å². The number of carbonyl (C=O) groups is 1. The zero-order valence-electron chi connectivity index (χ0n) is 16.5. The predicted octanol–water partition coefficient (Wildman–Crippen LogP) is 2.87. The van der Waals surface area contributed by atoms with Crippen LogP contribution in [-0.4, -0.2) is 48.7 Å². The average molecular weight is 416 g/mol. The summed E-state index contributed by atoms with van der Waals surface area (Å²) < 4.78 is 35.8. The molecule has 5 atom stereocenters. The molecule has 2 aromatic rings. The van der Waals surface area contributed by atoms with Crippen molar-refractivity contribution in [2.75, 3.05) is 13.2 Å². The number of aliphatic hydroxyl groups is 1. The highest BCUT2D eigenvalue weighted by molar-refractivity contribution is 5.71. The number of carbonyl (C=O) groups excluding carboxylic acids is 1. The molecule has 4 rings (SSSR count). The summed E-state index contributed by atoms with van der Waals surface area (Å²) in [6.07, 6.45) is -0.875. The maximum absolute atomic E-state index is 12.9. The molecule has 0 radical (unpaired) electrons. The number of esters is 1. The number of fused-ring (bicyclic) bond motifs is 2. The van der Waals surface area contributed by atoms with Gasteiger partial charge in [0.25, 0.3) is 0 Å². The molecule has 4 unspecified atom stereocenters. The van der Waals surface area contributed by atoms with Gasteiger partial charge in [-0.1, -0.05) is 30.3 Å². The molecule has 30 heavy (non-hydrogen) atoms. The third-order valence-corrected chi connectivity index (χ3v) is 5.46. The van der Waals surface area contributed by atoms with Crippen LogP contribution in [0.5, 0.6) is 5.75 Å². The lowest BCUT2D eigenvalue weighted by Crippen LogP contribution is -2.42. The van der Waals surface area contributed by atoms with Crippen molar-refractivity contribution in [1.82, 2.24) is 0 Å². The molecule has 0 aromatic heterocycles. The first-order chi connectivity index (χ1) is 14.6. The molecule has 7 heteroatoms. The Balaban J connectivity index is 1.27. The van der Waals surface area contributed by atoms with Gasteiger partial charge in [0.15, 0.2) is 0 Å². The lowest BCUT2D eigenvalue weighted by Gasteiger charge is -2.31. The highest BCUT2D eigenvalue weighted by Gasteiger charge is 2.51. The molecular weight excluding hydrogens is 391 g/mol. The number of halogens is 1. The largest absolute Gasteiger partial charge is 0.491 e. The fourth-order valence-corrected chi connectivity index (χ4v) is 3.99. The summed E-state index contributed by atoms with van der Waals surface area (Å²) in [6, 6.07) is 15.4. The number of aliphatic hydroxyl groups excluding tert-OH is 1. The van der Waals surface area contributed by atoms with Crippen LogP contribution in [-0.2, 0) is 25.6 Å². The van der Waals surface area contributed by atoms with E-state index in [2.05, 4.69) is 0 Å². The van der Waals surface area contributed by atoms with Crippen LogP contribution in [0.25, 0.3) is 0 Å². The normalized spacial score (nSPS) is 26.3. The van der Waals surface area contributed by atoms with Crippen molar-refractivity contribution >= 4 is 5.97 Å². The smallest absolute Gasteiger partial charge is 0.306 e. The molecule has 6 nitrogen and oxygen atoms in total. The Morgan fingerprint density at radius 3 is 2.60 bits per heavy atom. The van der Waals surface area contributed by atoms with Crippen molar-refractivity contribution in [3.63, 3.8) is 0 Å². The Bertz CT molecular complexity index is 827. The highest BCUT2D eigenvalue weighted by atomic mass is 19.1. The third-order valence-electron chi connectivity index (χ3n) is 5.46. The minimum absolute atomic E-state index is 0.0153. The number of benzene rings is 2. The van der Waals surface area contributed by atoms with Crippen molar-refractivity contribution in [3.05, 3.63) is 66.0 Å². The third kappa shape index (κ3) is 5.16. The van der Waals surface area contributed by atoms with Gasteiger partial charge in [0.2, 0.25) is 0 Å². The van der Waals surface area contributed by atoms with Crippen LogP contribution in [0.3, 0.4) is 0 Å². The summed E-state index contributed by atoms with van der Waals surface area (Å²) >= 11 is 0. The SMILES string of the molecule is O=C1CC2C(OCc3ccccc3)C[C@@H](O1)C2OCC(O)COc1ccc(F)cc1. The number of ether oxygens (including phenoxy) is 4. The van der Waals surface area contributed by atoms with E-state index >= 15 is 0 Å². The molecule has 1 N–H and O–H groups in total. The fourth-order valence-electron chi connectivity index (χ4n) is 3.99. The van der Waals surface area contributed by atoms with Gasteiger partial charge in [0.05, 0.1) is 25.7 Å². The summed E-state index contributed by atoms with van der Waals surface area (Å²) in [5, 5.41) is 10.2. The molecule has 2 bridgehead atoms. The molecule has 1 aliphatic heterocycles. The van der Waals surface area contributed by atoms with Crippen LogP contribution >= 0.6 is 0 Å². The Kier molecular flexibility index (Phi) is 6.62. The van der Waals surface area contributed by atoms with Gasteiger partial charge in [-0.3, -0.25) is 4.79 Å². The lowest BCUT2D eigenvalue weighted by atomic mass is 9.97. The maximum Gasteiger partial charge on any atom is 0.306 e. The number of hydrogen-bond donors (Lipinski definition) is 1. The molecule has 2 fully saturated rings. The molecular formula is C23H25FO6. The predicted molar refractivity (Wildman–Crippen MR) is 105 cm³/mol. The van der Waals surface area contributed by atoms with Crippen LogP contribution in [0.2, 0.25) is 0 Å². The van der Waals surface area contributed by atoms with E-state index in [0.717, 1.165) is 5.56 Å². The van der Waals surface area contributed by atoms with Crippen molar-refractivity contribution in [1.29, 1.82) is 0 Å². The van der Waals surface area contributed by atoms with Gasteiger partial charge >= 0.3 is 5.97 Å². The zero-order chi connectivity index (χ0) is 20.9. The number of rotatable bonds is 9. The standard InChI is InChI=1S/C23H25FO6/c24-16-6-8-18(9-7-16)27-13-17(25)14-29-23-19-10-22(26)30-21(23)11-20(19)28-12-15-4-2-1-3-5-15/h1-9,17,19-21,23,25H,10-14H2/t17?,19?,20?,21-,23?/m1/s1.